The molecular weight excluding hydrogens is 578 g/mol. The summed E-state index contributed by atoms with van der Waals surface area (Å²) in [4.78, 5) is 56.7. The molecule has 0 radical (unpaired) electrons. The number of anilines is 1. The first-order valence-corrected chi connectivity index (χ1v) is 14.7. The lowest BCUT2D eigenvalue weighted by molar-refractivity contribution is -0.145. The monoisotopic (exact) mass is 621 g/mol. The molecule has 0 fully saturated rings. The molecule has 2 atom stereocenters. The van der Waals surface area contributed by atoms with Gasteiger partial charge in [0.25, 0.3) is 5.91 Å². The lowest BCUT2D eigenvalue weighted by Gasteiger charge is -2.29. The maximum Gasteiger partial charge on any atom is 0.408 e. The van der Waals surface area contributed by atoms with E-state index in [1.54, 1.807) is 45.4 Å². The van der Waals surface area contributed by atoms with Crippen LogP contribution in [0.15, 0.2) is 66.9 Å². The van der Waals surface area contributed by atoms with Crippen LogP contribution >= 0.6 is 0 Å². The Labute approximate surface area is 263 Å². The third-order valence-corrected chi connectivity index (χ3v) is 6.47. The Bertz CT molecular complexity index is 1450. The third-order valence-electron chi connectivity index (χ3n) is 6.47. The zero-order valence-electron chi connectivity index (χ0n) is 26.9. The number of alkyl carbamates (subject to hydrolysis) is 1. The molecule has 1 heterocycles. The summed E-state index contributed by atoms with van der Waals surface area (Å²) in [5, 5.41) is 7.95. The molecule has 0 spiro atoms. The molecule has 3 N–H and O–H groups in total. The van der Waals surface area contributed by atoms with Crippen LogP contribution in [0.4, 0.5) is 10.6 Å². The molecule has 2 unspecified atom stereocenters. The van der Waals surface area contributed by atoms with Gasteiger partial charge in [0.15, 0.2) is 11.9 Å². The highest BCUT2D eigenvalue weighted by Crippen LogP contribution is 2.24. The molecule has 0 aliphatic carbocycles. The Hall–Kier alpha value is -4.71. The fraction of sp³-hybridized carbons (Fsp3) is 0.424. The molecule has 3 aromatic rings. The summed E-state index contributed by atoms with van der Waals surface area (Å²) in [5.41, 5.74) is -0.622. The van der Waals surface area contributed by atoms with Gasteiger partial charge in [-0.25, -0.2) is 14.6 Å². The van der Waals surface area contributed by atoms with E-state index in [9.17, 15) is 19.2 Å². The number of hydrogen-bond acceptors (Lipinski definition) is 8. The summed E-state index contributed by atoms with van der Waals surface area (Å²) in [6.07, 6.45) is 0.763. The Kier molecular flexibility index (Phi) is 11.9. The van der Waals surface area contributed by atoms with Gasteiger partial charge >= 0.3 is 12.1 Å². The Morgan fingerprint density at radius 3 is 2.16 bits per heavy atom. The van der Waals surface area contributed by atoms with Crippen LogP contribution in [0.1, 0.15) is 64.5 Å². The molecule has 45 heavy (non-hydrogen) atoms. The zero-order valence-corrected chi connectivity index (χ0v) is 26.9. The first-order valence-electron chi connectivity index (χ1n) is 14.7. The van der Waals surface area contributed by atoms with Crippen LogP contribution in [0.2, 0.25) is 0 Å². The average Bonchev–Trinajstić information content (AvgIpc) is 3.31. The maximum absolute atomic E-state index is 13.6. The van der Waals surface area contributed by atoms with Crippen LogP contribution < -0.4 is 16.0 Å². The Morgan fingerprint density at radius 2 is 1.56 bits per heavy atom. The van der Waals surface area contributed by atoms with Crippen molar-refractivity contribution >= 4 is 29.7 Å². The number of carbonyl (C=O) groups excluding carboxylic acids is 4. The topological polar surface area (TPSA) is 150 Å². The number of hydrogen-bond donors (Lipinski definition) is 3. The van der Waals surface area contributed by atoms with Crippen LogP contribution in [0, 0.1) is 6.92 Å². The predicted octanol–water partition coefficient (Wildman–Crippen LogP) is 4.29. The number of amides is 3. The fourth-order valence-electron chi connectivity index (χ4n) is 4.29. The highest BCUT2D eigenvalue weighted by atomic mass is 16.6. The van der Waals surface area contributed by atoms with E-state index in [0.29, 0.717) is 11.4 Å². The van der Waals surface area contributed by atoms with Gasteiger partial charge in [-0.2, -0.15) is 0 Å². The zero-order chi connectivity index (χ0) is 33.2. The smallest absolute Gasteiger partial charge is 0.408 e. The van der Waals surface area contributed by atoms with E-state index in [4.69, 9.17) is 14.2 Å². The normalized spacial score (nSPS) is 12.9. The molecular formula is C33H43N5O7. The van der Waals surface area contributed by atoms with Crippen molar-refractivity contribution in [1.82, 2.24) is 20.2 Å². The van der Waals surface area contributed by atoms with E-state index < -0.39 is 47.1 Å². The minimum atomic E-state index is -1.43. The lowest BCUT2D eigenvalue weighted by Crippen LogP contribution is -2.59. The van der Waals surface area contributed by atoms with Crippen LogP contribution in [0.3, 0.4) is 0 Å². The number of nitrogens with zero attached hydrogens (tertiary/aromatic N) is 2. The average molecular weight is 622 g/mol. The van der Waals surface area contributed by atoms with E-state index in [1.807, 2.05) is 60.7 Å². The van der Waals surface area contributed by atoms with Gasteiger partial charge in [0.1, 0.15) is 23.0 Å². The molecule has 242 valence electrons. The van der Waals surface area contributed by atoms with E-state index in [0.717, 1.165) is 5.56 Å². The van der Waals surface area contributed by atoms with E-state index in [-0.39, 0.29) is 25.6 Å². The second kappa shape index (κ2) is 15.3. The summed E-state index contributed by atoms with van der Waals surface area (Å²) in [6.45, 7) is 11.8. The fourth-order valence-corrected chi connectivity index (χ4v) is 4.29. The highest BCUT2D eigenvalue weighted by molar-refractivity contribution is 5.98. The van der Waals surface area contributed by atoms with E-state index in [2.05, 4.69) is 20.9 Å². The largest absolute Gasteiger partial charge is 0.464 e. The van der Waals surface area contributed by atoms with Crippen molar-refractivity contribution in [2.45, 2.75) is 78.3 Å². The maximum atomic E-state index is 13.6. The van der Waals surface area contributed by atoms with Gasteiger partial charge in [-0.05, 0) is 59.6 Å². The lowest BCUT2D eigenvalue weighted by atomic mass is 10.0. The number of ether oxygens (including phenoxy) is 3. The van der Waals surface area contributed by atoms with Gasteiger partial charge in [0.05, 0.1) is 19.8 Å². The van der Waals surface area contributed by atoms with Gasteiger partial charge in [0.2, 0.25) is 5.91 Å². The summed E-state index contributed by atoms with van der Waals surface area (Å²) in [7, 11) is 0. The van der Waals surface area contributed by atoms with Crippen molar-refractivity contribution in [3.63, 3.8) is 0 Å². The van der Waals surface area contributed by atoms with Crippen LogP contribution in [-0.4, -0.2) is 63.8 Å². The van der Waals surface area contributed by atoms with Crippen molar-refractivity contribution in [3.05, 3.63) is 83.8 Å². The number of benzene rings is 2. The third kappa shape index (κ3) is 10.5. The first-order chi connectivity index (χ1) is 21.2. The minimum absolute atomic E-state index is 0.163. The number of carbonyl (C=O) groups is 4. The summed E-state index contributed by atoms with van der Waals surface area (Å²) < 4.78 is 18.0. The van der Waals surface area contributed by atoms with Crippen molar-refractivity contribution in [2.24, 2.45) is 0 Å². The molecule has 0 saturated heterocycles. The quantitative estimate of drug-likeness (QED) is 0.239. The molecule has 2 aromatic carbocycles. The number of rotatable bonds is 13. The van der Waals surface area contributed by atoms with Crippen molar-refractivity contribution < 1.29 is 33.4 Å². The van der Waals surface area contributed by atoms with Gasteiger partial charge in [-0.1, -0.05) is 60.7 Å². The summed E-state index contributed by atoms with van der Waals surface area (Å²) in [5.74, 6) is -1.10. The number of esters is 1. The Morgan fingerprint density at radius 1 is 0.933 bits per heavy atom. The number of imidazole rings is 1. The van der Waals surface area contributed by atoms with E-state index in [1.165, 1.54) is 13.8 Å². The molecule has 3 amide bonds. The van der Waals surface area contributed by atoms with E-state index >= 15 is 0 Å². The van der Waals surface area contributed by atoms with Crippen LogP contribution in [0.5, 0.6) is 0 Å². The molecule has 3 rings (SSSR count). The molecule has 0 bridgehead atoms. The second-order valence-corrected chi connectivity index (χ2v) is 11.9. The Balaban J connectivity index is 1.81. The summed E-state index contributed by atoms with van der Waals surface area (Å²) >= 11 is 0. The van der Waals surface area contributed by atoms with Gasteiger partial charge in [0, 0.05) is 6.20 Å². The number of aromatic nitrogens is 2. The highest BCUT2D eigenvalue weighted by Gasteiger charge is 2.35. The molecule has 1 aromatic heterocycles. The molecule has 0 aliphatic heterocycles. The predicted molar refractivity (Wildman–Crippen MR) is 168 cm³/mol. The van der Waals surface area contributed by atoms with Gasteiger partial charge in [-0.3, -0.25) is 9.59 Å². The standard InChI is InChI=1S/C33H43N5O7/c1-8-44-29(40)27(24-17-13-10-14-18-24)38-19-26(34-22(38)2)36-28(39)25(21-43-20-23-15-11-9-12-16-23)35-30(41)33(6,7)37-31(42)45-32(3,4)5/h9-19,25,27H,8,20-21H2,1-7H3,(H,35,41)(H,36,39)(H,37,42). The van der Waals surface area contributed by atoms with Crippen molar-refractivity contribution in [3.8, 4) is 0 Å². The van der Waals surface area contributed by atoms with Crippen molar-refractivity contribution in [1.29, 1.82) is 0 Å². The van der Waals surface area contributed by atoms with Crippen LogP contribution in [-0.2, 0) is 35.2 Å². The molecule has 0 aliphatic rings. The van der Waals surface area contributed by atoms with Gasteiger partial charge < -0.3 is 34.7 Å². The van der Waals surface area contributed by atoms with Gasteiger partial charge in [-0.15, -0.1) is 0 Å². The molecule has 0 saturated carbocycles. The number of nitrogens with one attached hydrogen (secondary N) is 3. The van der Waals surface area contributed by atoms with Crippen LogP contribution in [0.25, 0.3) is 0 Å². The molecule has 12 heteroatoms. The second-order valence-electron chi connectivity index (χ2n) is 11.9. The minimum Gasteiger partial charge on any atom is -0.464 e. The van der Waals surface area contributed by atoms with Crippen molar-refractivity contribution in [2.75, 3.05) is 18.5 Å². The number of aryl methyl sites for hydroxylation is 1. The first kappa shape index (κ1) is 34.8. The molecule has 12 nitrogen and oxygen atoms in total. The summed E-state index contributed by atoms with van der Waals surface area (Å²) in [6, 6.07) is 16.5. The SMILES string of the molecule is CCOC(=O)C(c1ccccc1)n1cc(NC(=O)C(COCc2ccccc2)NC(=O)C(C)(C)NC(=O)OC(C)(C)C)nc1C.